The minimum Gasteiger partial charge on any atom is -0.311 e. The molecule has 0 unspecified atom stereocenters. The first-order valence-electron chi connectivity index (χ1n) is 9.31. The molecule has 0 atom stereocenters. The van der Waals surface area contributed by atoms with Crippen molar-refractivity contribution < 1.29 is 17.6 Å². The normalized spacial score (nSPS) is 18.2. The van der Waals surface area contributed by atoms with E-state index in [0.29, 0.717) is 32.7 Å². The number of rotatable bonds is 4. The third kappa shape index (κ3) is 3.67. The number of halogens is 1. The highest BCUT2D eigenvalue weighted by Crippen LogP contribution is 2.27. The van der Waals surface area contributed by atoms with Crippen molar-refractivity contribution in [2.75, 3.05) is 44.2 Å². The van der Waals surface area contributed by atoms with Crippen molar-refractivity contribution in [1.29, 1.82) is 0 Å². The lowest BCUT2D eigenvalue weighted by molar-refractivity contribution is -0.119. The molecule has 0 saturated carbocycles. The molecule has 0 bridgehead atoms. The predicted molar refractivity (Wildman–Crippen MR) is 104 cm³/mol. The Hall–Kier alpha value is -2.29. The Morgan fingerprint density at radius 2 is 1.61 bits per heavy atom. The summed E-state index contributed by atoms with van der Waals surface area (Å²) in [7, 11) is -3.64. The second-order valence-corrected chi connectivity index (χ2v) is 9.00. The molecule has 1 saturated heterocycles. The quantitative estimate of drug-likeness (QED) is 0.780. The highest BCUT2D eigenvalue weighted by molar-refractivity contribution is 7.89. The fourth-order valence-corrected chi connectivity index (χ4v) is 5.18. The van der Waals surface area contributed by atoms with Gasteiger partial charge in [0.25, 0.3) is 0 Å². The molecular formula is C20H22FN3O3S. The number of nitrogens with zero attached hydrogens (tertiary/aromatic N) is 3. The van der Waals surface area contributed by atoms with Gasteiger partial charge in [-0.15, -0.1) is 0 Å². The number of anilines is 1. The average molecular weight is 403 g/mol. The maximum absolute atomic E-state index is 13.1. The molecule has 8 heteroatoms. The lowest BCUT2D eigenvalue weighted by Gasteiger charge is -2.34. The molecule has 2 aliphatic rings. The number of amides is 1. The number of fused-ring (bicyclic) bond motifs is 1. The number of carbonyl (C=O) groups is 1. The number of piperazine rings is 1. The first kappa shape index (κ1) is 19.0. The van der Waals surface area contributed by atoms with Gasteiger partial charge in [-0.3, -0.25) is 9.69 Å². The fourth-order valence-electron chi connectivity index (χ4n) is 3.76. The van der Waals surface area contributed by atoms with Gasteiger partial charge in [0.15, 0.2) is 0 Å². The molecule has 148 valence electrons. The van der Waals surface area contributed by atoms with Crippen LogP contribution in [0.25, 0.3) is 0 Å². The van der Waals surface area contributed by atoms with Crippen molar-refractivity contribution >= 4 is 21.6 Å². The van der Waals surface area contributed by atoms with Gasteiger partial charge in [-0.25, -0.2) is 12.8 Å². The molecule has 28 heavy (non-hydrogen) atoms. The number of sulfonamides is 1. The first-order chi connectivity index (χ1) is 13.4. The van der Waals surface area contributed by atoms with E-state index in [1.165, 1.54) is 22.0 Å². The van der Waals surface area contributed by atoms with Gasteiger partial charge in [-0.2, -0.15) is 4.31 Å². The van der Waals surface area contributed by atoms with E-state index in [-0.39, 0.29) is 17.3 Å². The Labute approximate surface area is 164 Å². The summed E-state index contributed by atoms with van der Waals surface area (Å²) in [6, 6.07) is 12.8. The number of hydrogen-bond acceptors (Lipinski definition) is 4. The smallest absolute Gasteiger partial charge is 0.243 e. The largest absolute Gasteiger partial charge is 0.311 e. The summed E-state index contributed by atoms with van der Waals surface area (Å²) in [5.74, 6) is -0.425. The van der Waals surface area contributed by atoms with Crippen LogP contribution in [-0.4, -0.2) is 62.8 Å². The molecule has 1 amide bonds. The first-order valence-corrected chi connectivity index (χ1v) is 10.8. The van der Waals surface area contributed by atoms with E-state index in [2.05, 4.69) is 0 Å². The van der Waals surface area contributed by atoms with Gasteiger partial charge in [0, 0.05) is 38.4 Å². The number of carbonyl (C=O) groups excluding carboxylic acids is 1. The Morgan fingerprint density at radius 3 is 2.32 bits per heavy atom. The Balaban J connectivity index is 1.36. The Kier molecular flexibility index (Phi) is 5.18. The summed E-state index contributed by atoms with van der Waals surface area (Å²) < 4.78 is 39.8. The van der Waals surface area contributed by atoms with Crippen molar-refractivity contribution in [2.45, 2.75) is 11.3 Å². The average Bonchev–Trinajstić information content (AvgIpc) is 3.13. The number of para-hydroxylation sites is 1. The van der Waals surface area contributed by atoms with Crippen LogP contribution in [0.3, 0.4) is 0 Å². The zero-order valence-corrected chi connectivity index (χ0v) is 16.2. The minimum atomic E-state index is -3.64. The summed E-state index contributed by atoms with van der Waals surface area (Å²) in [6.45, 7) is 2.56. The molecule has 0 aliphatic carbocycles. The molecule has 0 radical (unpaired) electrons. The van der Waals surface area contributed by atoms with E-state index < -0.39 is 15.8 Å². The summed E-state index contributed by atoms with van der Waals surface area (Å²) in [5.41, 5.74) is 2.16. The van der Waals surface area contributed by atoms with Crippen molar-refractivity contribution in [3.63, 3.8) is 0 Å². The van der Waals surface area contributed by atoms with Crippen LogP contribution < -0.4 is 4.90 Å². The zero-order chi connectivity index (χ0) is 19.7. The maximum atomic E-state index is 13.1. The van der Waals surface area contributed by atoms with Crippen LogP contribution in [0.5, 0.6) is 0 Å². The van der Waals surface area contributed by atoms with Gasteiger partial charge in [0.2, 0.25) is 15.9 Å². The standard InChI is InChI=1S/C20H22FN3O3S/c21-17-5-7-18(8-6-17)28(26,27)23-13-11-22(12-14-23)15-20(25)24-10-9-16-3-1-2-4-19(16)24/h1-8H,9-15H2. The third-order valence-corrected chi connectivity index (χ3v) is 7.24. The van der Waals surface area contributed by atoms with Crippen LogP contribution in [0.15, 0.2) is 53.4 Å². The van der Waals surface area contributed by atoms with E-state index >= 15 is 0 Å². The second kappa shape index (κ2) is 7.62. The van der Waals surface area contributed by atoms with E-state index in [9.17, 15) is 17.6 Å². The molecule has 2 aliphatic heterocycles. The molecule has 2 heterocycles. The van der Waals surface area contributed by atoms with Gasteiger partial charge in [0.1, 0.15) is 5.82 Å². The van der Waals surface area contributed by atoms with E-state index in [4.69, 9.17) is 0 Å². The molecule has 4 rings (SSSR count). The van der Waals surface area contributed by atoms with Crippen LogP contribution in [0.2, 0.25) is 0 Å². The van der Waals surface area contributed by atoms with Crippen LogP contribution in [0.1, 0.15) is 5.56 Å². The Morgan fingerprint density at radius 1 is 0.929 bits per heavy atom. The van der Waals surface area contributed by atoms with Crippen molar-refractivity contribution in [3.05, 3.63) is 59.9 Å². The molecule has 6 nitrogen and oxygen atoms in total. The van der Waals surface area contributed by atoms with Crippen molar-refractivity contribution in [3.8, 4) is 0 Å². The van der Waals surface area contributed by atoms with Gasteiger partial charge in [0.05, 0.1) is 11.4 Å². The Bertz CT molecular complexity index is 970. The van der Waals surface area contributed by atoms with Crippen molar-refractivity contribution in [1.82, 2.24) is 9.21 Å². The van der Waals surface area contributed by atoms with Gasteiger partial charge >= 0.3 is 0 Å². The van der Waals surface area contributed by atoms with Crippen LogP contribution >= 0.6 is 0 Å². The van der Waals surface area contributed by atoms with Crippen LogP contribution in [-0.2, 0) is 21.2 Å². The van der Waals surface area contributed by atoms with Gasteiger partial charge < -0.3 is 4.90 Å². The number of hydrogen-bond donors (Lipinski definition) is 0. The monoisotopic (exact) mass is 403 g/mol. The molecule has 2 aromatic rings. The lowest BCUT2D eigenvalue weighted by atomic mass is 10.2. The number of benzene rings is 2. The summed E-state index contributed by atoms with van der Waals surface area (Å²) >= 11 is 0. The van der Waals surface area contributed by atoms with Gasteiger partial charge in [-0.05, 0) is 42.3 Å². The van der Waals surface area contributed by atoms with Crippen molar-refractivity contribution in [2.24, 2.45) is 0 Å². The predicted octanol–water partition coefficient (Wildman–Crippen LogP) is 1.72. The highest BCUT2D eigenvalue weighted by Gasteiger charge is 2.31. The van der Waals surface area contributed by atoms with E-state index in [0.717, 1.165) is 24.2 Å². The summed E-state index contributed by atoms with van der Waals surface area (Å²) in [6.07, 6.45) is 0.867. The molecule has 0 spiro atoms. The summed E-state index contributed by atoms with van der Waals surface area (Å²) in [4.78, 5) is 16.6. The molecule has 2 aromatic carbocycles. The molecule has 0 aromatic heterocycles. The van der Waals surface area contributed by atoms with Gasteiger partial charge in [-0.1, -0.05) is 18.2 Å². The SMILES string of the molecule is O=C(CN1CCN(S(=O)(=O)c2ccc(F)cc2)CC1)N1CCc2ccccc21. The minimum absolute atomic E-state index is 0.0415. The lowest BCUT2D eigenvalue weighted by Crippen LogP contribution is -2.51. The zero-order valence-electron chi connectivity index (χ0n) is 15.4. The second-order valence-electron chi connectivity index (χ2n) is 7.06. The highest BCUT2D eigenvalue weighted by atomic mass is 32.2. The van der Waals surface area contributed by atoms with E-state index in [1.54, 1.807) is 0 Å². The van der Waals surface area contributed by atoms with Crippen LogP contribution in [0.4, 0.5) is 10.1 Å². The maximum Gasteiger partial charge on any atom is 0.243 e. The molecule has 0 N–H and O–H groups in total. The van der Waals surface area contributed by atoms with Crippen LogP contribution in [0, 0.1) is 5.82 Å². The molecule has 1 fully saturated rings. The van der Waals surface area contributed by atoms with E-state index in [1.807, 2.05) is 34.1 Å². The topological polar surface area (TPSA) is 60.9 Å². The third-order valence-electron chi connectivity index (χ3n) is 5.33. The summed E-state index contributed by atoms with van der Waals surface area (Å²) in [5, 5.41) is 0. The molecular weight excluding hydrogens is 381 g/mol. The fraction of sp³-hybridized carbons (Fsp3) is 0.350.